The van der Waals surface area contributed by atoms with Gasteiger partial charge in [-0.2, -0.15) is 5.10 Å². The van der Waals surface area contributed by atoms with Crippen molar-refractivity contribution < 1.29 is 9.47 Å². The molecule has 3 aromatic carbocycles. The topological polar surface area (TPSA) is 54.9 Å². The van der Waals surface area contributed by atoms with Crippen molar-refractivity contribution in [3.8, 4) is 11.5 Å². The first-order valence-electron chi connectivity index (χ1n) is 8.94. The van der Waals surface area contributed by atoms with E-state index in [1.54, 1.807) is 25.5 Å². The Morgan fingerprint density at radius 3 is 2.53 bits per heavy atom. The Morgan fingerprint density at radius 2 is 1.80 bits per heavy atom. The van der Waals surface area contributed by atoms with Gasteiger partial charge in [-0.25, -0.2) is 0 Å². The molecule has 0 unspecified atom stereocenters. The Kier molecular flexibility index (Phi) is 7.90. The number of hydrogen-bond acceptors (Lipinski definition) is 4. The Morgan fingerprint density at radius 1 is 1.00 bits per heavy atom. The Balaban J connectivity index is 1.57. The van der Waals surface area contributed by atoms with Crippen LogP contribution < -0.4 is 20.2 Å². The molecule has 0 bridgehead atoms. The van der Waals surface area contributed by atoms with Crippen molar-refractivity contribution in [2.75, 3.05) is 12.4 Å². The highest BCUT2D eigenvalue weighted by molar-refractivity contribution is 7.80. The van der Waals surface area contributed by atoms with Crippen LogP contribution in [0.1, 0.15) is 11.1 Å². The van der Waals surface area contributed by atoms with Crippen LogP contribution in [-0.4, -0.2) is 18.4 Å². The largest absolute Gasteiger partial charge is 0.493 e. The average Bonchev–Trinajstić information content (AvgIpc) is 2.73. The highest BCUT2D eigenvalue weighted by Crippen LogP contribution is 2.28. The SMILES string of the molecule is COc1cc(/C=N/NC(=S)Nc2cccc(Cl)c2)ccc1OCc1ccc(Cl)cc1. The minimum Gasteiger partial charge on any atom is -0.493 e. The first-order valence-corrected chi connectivity index (χ1v) is 10.1. The Labute approximate surface area is 190 Å². The molecule has 0 aromatic heterocycles. The molecular weight excluding hydrogens is 441 g/mol. The van der Waals surface area contributed by atoms with E-state index >= 15 is 0 Å². The second-order valence-corrected chi connectivity index (χ2v) is 7.44. The van der Waals surface area contributed by atoms with E-state index in [2.05, 4.69) is 15.8 Å². The van der Waals surface area contributed by atoms with E-state index in [1.807, 2.05) is 54.6 Å². The molecule has 0 saturated carbocycles. The molecule has 0 saturated heterocycles. The lowest BCUT2D eigenvalue weighted by Gasteiger charge is -2.11. The highest BCUT2D eigenvalue weighted by atomic mass is 35.5. The van der Waals surface area contributed by atoms with E-state index in [-0.39, 0.29) is 0 Å². The standard InChI is InChI=1S/C22H19Cl2N3O2S/c1-28-21-11-16(7-10-20(21)29-14-15-5-8-17(23)9-6-15)13-25-27-22(30)26-19-4-2-3-18(24)12-19/h2-13H,14H2,1H3,(H2,26,27,30)/b25-13+. The molecule has 3 aromatic rings. The lowest BCUT2D eigenvalue weighted by molar-refractivity contribution is 0.284. The molecule has 0 atom stereocenters. The second-order valence-electron chi connectivity index (χ2n) is 6.16. The first-order chi connectivity index (χ1) is 14.5. The van der Waals surface area contributed by atoms with Gasteiger partial charge in [0.1, 0.15) is 6.61 Å². The van der Waals surface area contributed by atoms with Crippen LogP contribution in [0.3, 0.4) is 0 Å². The molecule has 0 aliphatic carbocycles. The molecule has 0 spiro atoms. The summed E-state index contributed by atoms with van der Waals surface area (Å²) in [6.07, 6.45) is 1.64. The summed E-state index contributed by atoms with van der Waals surface area (Å²) in [4.78, 5) is 0. The molecule has 8 heteroatoms. The molecule has 0 heterocycles. The molecule has 154 valence electrons. The molecule has 0 aliphatic heterocycles. The number of hydrazone groups is 1. The van der Waals surface area contributed by atoms with Crippen LogP contribution in [0.25, 0.3) is 0 Å². The van der Waals surface area contributed by atoms with Gasteiger partial charge in [0.05, 0.1) is 13.3 Å². The van der Waals surface area contributed by atoms with Gasteiger partial charge in [-0.3, -0.25) is 5.43 Å². The van der Waals surface area contributed by atoms with Gasteiger partial charge in [0.25, 0.3) is 0 Å². The Hall–Kier alpha value is -2.80. The fourth-order valence-electron chi connectivity index (χ4n) is 2.52. The molecule has 30 heavy (non-hydrogen) atoms. The molecule has 2 N–H and O–H groups in total. The average molecular weight is 460 g/mol. The predicted molar refractivity (Wildman–Crippen MR) is 127 cm³/mol. The molecule has 0 radical (unpaired) electrons. The third kappa shape index (κ3) is 6.62. The van der Waals surface area contributed by atoms with E-state index in [1.165, 1.54) is 0 Å². The van der Waals surface area contributed by atoms with Crippen molar-refractivity contribution in [3.05, 3.63) is 87.9 Å². The van der Waals surface area contributed by atoms with Crippen molar-refractivity contribution >= 4 is 52.4 Å². The number of rotatable bonds is 7. The van der Waals surface area contributed by atoms with Gasteiger partial charge < -0.3 is 14.8 Å². The van der Waals surface area contributed by atoms with Gasteiger partial charge in [-0.15, -0.1) is 0 Å². The van der Waals surface area contributed by atoms with Crippen LogP contribution in [0.2, 0.25) is 10.0 Å². The van der Waals surface area contributed by atoms with Gasteiger partial charge in [0.15, 0.2) is 16.6 Å². The van der Waals surface area contributed by atoms with E-state index in [4.69, 9.17) is 44.9 Å². The molecule has 3 rings (SSSR count). The smallest absolute Gasteiger partial charge is 0.191 e. The molecule has 0 fully saturated rings. The van der Waals surface area contributed by atoms with Crippen LogP contribution >= 0.6 is 35.4 Å². The molecule has 0 aliphatic rings. The van der Waals surface area contributed by atoms with E-state index in [0.29, 0.717) is 33.3 Å². The summed E-state index contributed by atoms with van der Waals surface area (Å²) >= 11 is 17.1. The molecule has 5 nitrogen and oxygen atoms in total. The molecule has 0 amide bonds. The van der Waals surface area contributed by atoms with Gasteiger partial charge in [0, 0.05) is 15.7 Å². The normalized spacial score (nSPS) is 10.6. The van der Waals surface area contributed by atoms with Crippen LogP contribution in [0, 0.1) is 0 Å². The maximum Gasteiger partial charge on any atom is 0.191 e. The maximum absolute atomic E-state index is 5.96. The lowest BCUT2D eigenvalue weighted by Crippen LogP contribution is -2.23. The summed E-state index contributed by atoms with van der Waals surface area (Å²) in [6, 6.07) is 20.3. The van der Waals surface area contributed by atoms with E-state index < -0.39 is 0 Å². The highest BCUT2D eigenvalue weighted by Gasteiger charge is 2.06. The zero-order valence-corrected chi connectivity index (χ0v) is 18.4. The number of ether oxygens (including phenoxy) is 2. The van der Waals surface area contributed by atoms with Crippen LogP contribution in [0.15, 0.2) is 71.8 Å². The number of hydrogen-bond donors (Lipinski definition) is 2. The molecular formula is C22H19Cl2N3O2S. The van der Waals surface area contributed by atoms with Crippen molar-refractivity contribution in [2.45, 2.75) is 6.61 Å². The zero-order chi connectivity index (χ0) is 21.3. The third-order valence-electron chi connectivity index (χ3n) is 3.96. The van der Waals surface area contributed by atoms with Crippen molar-refractivity contribution in [1.29, 1.82) is 0 Å². The first kappa shape index (κ1) is 21.9. The maximum atomic E-state index is 5.96. The summed E-state index contributed by atoms with van der Waals surface area (Å²) < 4.78 is 11.3. The number of anilines is 1. The van der Waals surface area contributed by atoms with Crippen LogP contribution in [0.5, 0.6) is 11.5 Å². The number of halogens is 2. The van der Waals surface area contributed by atoms with E-state index in [9.17, 15) is 0 Å². The quantitative estimate of drug-likeness (QED) is 0.261. The fourth-order valence-corrected chi connectivity index (χ4v) is 3.00. The number of nitrogens with zero attached hydrogens (tertiary/aromatic N) is 1. The minimum absolute atomic E-state index is 0.350. The zero-order valence-electron chi connectivity index (χ0n) is 16.1. The second kappa shape index (κ2) is 10.8. The number of nitrogens with one attached hydrogen (secondary N) is 2. The van der Waals surface area contributed by atoms with Crippen molar-refractivity contribution in [2.24, 2.45) is 5.10 Å². The predicted octanol–water partition coefficient (Wildman–Crippen LogP) is 5.90. The van der Waals surface area contributed by atoms with Gasteiger partial charge >= 0.3 is 0 Å². The summed E-state index contributed by atoms with van der Waals surface area (Å²) in [5.41, 5.74) is 5.38. The monoisotopic (exact) mass is 459 g/mol. The number of benzene rings is 3. The minimum atomic E-state index is 0.350. The third-order valence-corrected chi connectivity index (χ3v) is 4.64. The van der Waals surface area contributed by atoms with Gasteiger partial charge in [-0.1, -0.05) is 41.4 Å². The van der Waals surface area contributed by atoms with Crippen LogP contribution in [0.4, 0.5) is 5.69 Å². The van der Waals surface area contributed by atoms with E-state index in [0.717, 1.165) is 16.8 Å². The Bertz CT molecular complexity index is 1040. The van der Waals surface area contributed by atoms with Crippen molar-refractivity contribution in [3.63, 3.8) is 0 Å². The van der Waals surface area contributed by atoms with Gasteiger partial charge in [-0.05, 0) is 71.9 Å². The summed E-state index contributed by atoms with van der Waals surface area (Å²) in [7, 11) is 1.59. The van der Waals surface area contributed by atoms with Crippen molar-refractivity contribution in [1.82, 2.24) is 5.43 Å². The van der Waals surface area contributed by atoms with Gasteiger partial charge in [0.2, 0.25) is 0 Å². The van der Waals surface area contributed by atoms with Crippen LogP contribution in [-0.2, 0) is 6.61 Å². The summed E-state index contributed by atoms with van der Waals surface area (Å²) in [5, 5.41) is 8.82. The summed E-state index contributed by atoms with van der Waals surface area (Å²) in [5.74, 6) is 1.24. The fraction of sp³-hybridized carbons (Fsp3) is 0.0909. The lowest BCUT2D eigenvalue weighted by atomic mass is 10.2. The summed E-state index contributed by atoms with van der Waals surface area (Å²) in [6.45, 7) is 0.409. The number of thiocarbonyl (C=S) groups is 1. The number of methoxy groups -OCH3 is 1.